The van der Waals surface area contributed by atoms with E-state index in [0.717, 1.165) is 25.6 Å². The first kappa shape index (κ1) is 45.1. The van der Waals surface area contributed by atoms with E-state index < -0.39 is 51.1 Å². The van der Waals surface area contributed by atoms with Crippen molar-refractivity contribution < 1.29 is 42.9 Å². The maximum Gasteiger partial charge on any atom is 0.472 e. The van der Waals surface area contributed by atoms with E-state index in [1.54, 1.807) is 24.3 Å². The maximum atomic E-state index is 13.0. The van der Waals surface area contributed by atoms with Crippen LogP contribution in [0.25, 0.3) is 5.52 Å². The molecule has 0 aliphatic carbocycles. The van der Waals surface area contributed by atoms with Crippen LogP contribution < -0.4 is 10.5 Å². The van der Waals surface area contributed by atoms with Crippen LogP contribution in [-0.2, 0) is 28.7 Å². The van der Waals surface area contributed by atoms with Crippen LogP contribution in [0.1, 0.15) is 121 Å². The van der Waals surface area contributed by atoms with Gasteiger partial charge in [-0.25, -0.2) is 14.1 Å². The molecule has 3 heterocycles. The summed E-state index contributed by atoms with van der Waals surface area (Å²) in [5, 5.41) is 45.5. The topological polar surface area (TPSA) is 228 Å². The number of ether oxygens (including phenoxy) is 3. The number of anilines is 1. The first-order chi connectivity index (χ1) is 27.2. The van der Waals surface area contributed by atoms with Crippen molar-refractivity contribution in [3.05, 3.63) is 54.0 Å². The summed E-state index contributed by atoms with van der Waals surface area (Å²) < 4.78 is 42.4. The SMILES string of the molecule is CCCCCCCCCCCCCCCCCCOC[C@H](COP(=O)(O)OC[C@H]1O[C@@](C#N)(c2ccc3c(N)ncnn23)[C@H](O)[C@@H]1O)Oc1ccccc1C#N. The standard InChI is InChI=1S/C40H59N6O9P/c1-2-3-4-5-6-7-8-9-10-11-12-13-14-15-16-19-24-51-26-32(54-34-21-18-17-20-31(34)25-41)27-52-56(49,50)53-28-35-37(47)38(48)40(29-42,55-35)36-23-22-33-39(43)44-30-45-46(33)36/h17-18,20-23,30,32,35,37-38,47-48H,2-16,19,24,26-28H2,1H3,(H,49,50)(H2,43,44,45)/t32-,35-,37-,38-,40+/m1/s1. The van der Waals surface area contributed by atoms with Crippen LogP contribution in [-0.4, -0.2) is 80.5 Å². The molecule has 308 valence electrons. The number of phosphoric acid groups is 1. The molecule has 15 nitrogen and oxygen atoms in total. The first-order valence-corrected chi connectivity index (χ1v) is 21.5. The van der Waals surface area contributed by atoms with E-state index in [4.69, 9.17) is 29.0 Å². The van der Waals surface area contributed by atoms with Crippen molar-refractivity contribution in [2.24, 2.45) is 0 Å². The molecule has 1 aliphatic heterocycles. The highest BCUT2D eigenvalue weighted by molar-refractivity contribution is 7.47. The normalized spacial score (nSPS) is 21.1. The zero-order valence-corrected chi connectivity index (χ0v) is 33.4. The molecule has 0 bridgehead atoms. The second-order valence-corrected chi connectivity index (χ2v) is 15.8. The number of aliphatic hydroxyl groups excluding tert-OH is 2. The highest BCUT2D eigenvalue weighted by Gasteiger charge is 2.58. The Kier molecular flexibility index (Phi) is 19.0. The molecule has 0 radical (unpaired) electrons. The van der Waals surface area contributed by atoms with Gasteiger partial charge in [-0.1, -0.05) is 115 Å². The van der Waals surface area contributed by atoms with E-state index in [1.165, 1.54) is 100 Å². The predicted octanol–water partition coefficient (Wildman–Crippen LogP) is 6.88. The molecule has 1 saturated heterocycles. The average Bonchev–Trinajstić information content (AvgIpc) is 3.75. The van der Waals surface area contributed by atoms with Gasteiger partial charge in [-0.3, -0.25) is 9.05 Å². The van der Waals surface area contributed by atoms with Gasteiger partial charge in [0.05, 0.1) is 31.1 Å². The Morgan fingerprint density at radius 3 is 2.16 bits per heavy atom. The van der Waals surface area contributed by atoms with Crippen molar-refractivity contribution in [2.75, 3.05) is 32.2 Å². The summed E-state index contributed by atoms with van der Waals surface area (Å²) in [5.41, 5.74) is 4.48. The molecule has 1 fully saturated rings. The number of aromatic nitrogens is 3. The van der Waals surface area contributed by atoms with Gasteiger partial charge < -0.3 is 35.1 Å². The van der Waals surface area contributed by atoms with Crippen LogP contribution in [0.15, 0.2) is 42.7 Å². The number of fused-ring (bicyclic) bond motifs is 1. The number of nitriles is 2. The van der Waals surface area contributed by atoms with Gasteiger partial charge in [0.15, 0.2) is 5.82 Å². The number of para-hydroxylation sites is 1. The summed E-state index contributed by atoms with van der Waals surface area (Å²) in [5.74, 6) is 0.382. The quantitative estimate of drug-likeness (QED) is 0.0434. The molecule has 0 spiro atoms. The van der Waals surface area contributed by atoms with E-state index >= 15 is 0 Å². The predicted molar refractivity (Wildman–Crippen MR) is 209 cm³/mol. The van der Waals surface area contributed by atoms with Crippen molar-refractivity contribution in [3.8, 4) is 17.9 Å². The van der Waals surface area contributed by atoms with E-state index in [1.807, 2.05) is 6.07 Å². The summed E-state index contributed by atoms with van der Waals surface area (Å²) in [6, 6.07) is 13.5. The van der Waals surface area contributed by atoms with Gasteiger partial charge in [0.1, 0.15) is 54.1 Å². The largest absolute Gasteiger partial charge is 0.484 e. The molecule has 1 unspecified atom stereocenters. The lowest BCUT2D eigenvalue weighted by molar-refractivity contribution is -0.0651. The first-order valence-electron chi connectivity index (χ1n) is 20.0. The number of rotatable bonds is 28. The lowest BCUT2D eigenvalue weighted by Gasteiger charge is -2.24. The molecule has 4 rings (SSSR count). The van der Waals surface area contributed by atoms with Crippen LogP contribution in [0.5, 0.6) is 5.75 Å². The third kappa shape index (κ3) is 13.2. The third-order valence-corrected chi connectivity index (χ3v) is 11.0. The van der Waals surface area contributed by atoms with Gasteiger partial charge in [0, 0.05) is 6.61 Å². The van der Waals surface area contributed by atoms with Gasteiger partial charge in [-0.05, 0) is 30.7 Å². The molecular weight excluding hydrogens is 739 g/mol. The molecule has 3 aromatic rings. The second-order valence-electron chi connectivity index (χ2n) is 14.4. The number of unbranched alkanes of at least 4 members (excludes halogenated alkanes) is 15. The smallest absolute Gasteiger partial charge is 0.472 e. The highest BCUT2D eigenvalue weighted by Crippen LogP contribution is 2.46. The fourth-order valence-electron chi connectivity index (χ4n) is 6.86. The fourth-order valence-corrected chi connectivity index (χ4v) is 7.62. The number of nitrogens with two attached hydrogens (primary N) is 1. The molecule has 1 aliphatic rings. The molecule has 6 atom stereocenters. The number of aliphatic hydroxyl groups is 2. The minimum absolute atomic E-state index is 0.0131. The van der Waals surface area contributed by atoms with E-state index in [-0.39, 0.29) is 29.4 Å². The van der Waals surface area contributed by atoms with Crippen LogP contribution in [0, 0.1) is 22.7 Å². The van der Waals surface area contributed by atoms with Crippen molar-refractivity contribution in [1.29, 1.82) is 10.5 Å². The molecule has 2 aromatic heterocycles. The molecule has 5 N–H and O–H groups in total. The molecular formula is C40H59N6O9P. The molecule has 56 heavy (non-hydrogen) atoms. The van der Waals surface area contributed by atoms with Crippen molar-refractivity contribution in [3.63, 3.8) is 0 Å². The lowest BCUT2D eigenvalue weighted by Crippen LogP contribution is -2.41. The third-order valence-electron chi connectivity index (χ3n) is 10.1. The molecule has 16 heteroatoms. The number of benzene rings is 1. The van der Waals surface area contributed by atoms with Crippen LogP contribution >= 0.6 is 7.82 Å². The Morgan fingerprint density at radius 2 is 1.54 bits per heavy atom. The van der Waals surface area contributed by atoms with Gasteiger partial charge in [0.2, 0.25) is 5.60 Å². The summed E-state index contributed by atoms with van der Waals surface area (Å²) in [6.07, 6.45) is 15.7. The monoisotopic (exact) mass is 798 g/mol. The maximum absolute atomic E-state index is 13.0. The van der Waals surface area contributed by atoms with Gasteiger partial charge in [-0.15, -0.1) is 0 Å². The van der Waals surface area contributed by atoms with E-state index in [2.05, 4.69) is 23.1 Å². The Bertz CT molecular complexity index is 1750. The highest BCUT2D eigenvalue weighted by atomic mass is 31.2. The summed E-state index contributed by atoms with van der Waals surface area (Å²) in [4.78, 5) is 14.5. The van der Waals surface area contributed by atoms with E-state index in [9.17, 15) is 30.2 Å². The van der Waals surface area contributed by atoms with Crippen molar-refractivity contribution in [2.45, 2.75) is 140 Å². The second kappa shape index (κ2) is 23.6. The number of phosphoric ester groups is 1. The number of nitrogen functional groups attached to an aromatic ring is 1. The number of nitrogens with zero attached hydrogens (tertiary/aromatic N) is 5. The van der Waals surface area contributed by atoms with E-state index in [0.29, 0.717) is 12.1 Å². The van der Waals surface area contributed by atoms with Crippen LogP contribution in [0.2, 0.25) is 0 Å². The zero-order valence-electron chi connectivity index (χ0n) is 32.5. The van der Waals surface area contributed by atoms with Gasteiger partial charge in [0.25, 0.3) is 0 Å². The average molecular weight is 799 g/mol. The number of hydrogen-bond acceptors (Lipinski definition) is 13. The summed E-state index contributed by atoms with van der Waals surface area (Å²) in [6.45, 7) is 1.57. The summed E-state index contributed by atoms with van der Waals surface area (Å²) in [7, 11) is -4.80. The van der Waals surface area contributed by atoms with Crippen LogP contribution in [0.3, 0.4) is 0 Å². The summed E-state index contributed by atoms with van der Waals surface area (Å²) >= 11 is 0. The Balaban J connectivity index is 1.19. The minimum Gasteiger partial charge on any atom is -0.484 e. The van der Waals surface area contributed by atoms with Crippen molar-refractivity contribution >= 4 is 19.2 Å². The van der Waals surface area contributed by atoms with Gasteiger partial charge >= 0.3 is 7.82 Å². The van der Waals surface area contributed by atoms with Gasteiger partial charge in [-0.2, -0.15) is 15.6 Å². The van der Waals surface area contributed by atoms with Crippen molar-refractivity contribution in [1.82, 2.24) is 14.6 Å². The Hall–Kier alpha value is -3.63. The van der Waals surface area contributed by atoms with Crippen LogP contribution in [0.4, 0.5) is 5.82 Å². The lowest BCUT2D eigenvalue weighted by atomic mass is 9.92. The molecule has 0 saturated carbocycles. The fraction of sp³-hybridized carbons (Fsp3) is 0.650. The molecule has 1 aromatic carbocycles. The number of hydrogen-bond donors (Lipinski definition) is 4. The zero-order chi connectivity index (χ0) is 40.2. The minimum atomic E-state index is -4.80. The Labute approximate surface area is 330 Å². The Morgan fingerprint density at radius 1 is 0.911 bits per heavy atom. The molecule has 0 amide bonds.